The Morgan fingerprint density at radius 1 is 0.553 bits per heavy atom. The number of nitrogens with zero attached hydrogens (tertiary/aromatic N) is 1. The summed E-state index contributed by atoms with van der Waals surface area (Å²) in [7, 11) is 0. The second-order valence-electron chi connectivity index (χ2n) is 25.5. The van der Waals surface area contributed by atoms with E-state index in [0.717, 1.165) is 6.42 Å². The molecule has 0 aromatic rings. The van der Waals surface area contributed by atoms with Gasteiger partial charge in [-0.05, 0) is 88.2 Å². The molecule has 0 aromatic carbocycles. The molecule has 1 heterocycles. The van der Waals surface area contributed by atoms with Gasteiger partial charge < -0.3 is 67.5 Å². The number of nitrogens with one attached hydrogen (secondary N) is 5. The molecule has 1 aliphatic heterocycles. The van der Waals surface area contributed by atoms with E-state index in [9.17, 15) is 102 Å². The fraction of sp³-hybridized carbons (Fsp3) is 0.730. The van der Waals surface area contributed by atoms with E-state index in [1.165, 1.54) is 16.7 Å². The van der Waals surface area contributed by atoms with E-state index in [0.29, 0.717) is 19.3 Å². The zero-order chi connectivity index (χ0) is 71.4. The molecule has 0 radical (unpaired) electrons. The summed E-state index contributed by atoms with van der Waals surface area (Å²) in [5.74, 6) is -18.6. The minimum atomic E-state index is -1.70. The summed E-state index contributed by atoms with van der Waals surface area (Å²) < 4.78 is 5.57. The average molecular weight is 1350 g/mol. The Hall–Kier alpha value is -7.54. The maximum atomic E-state index is 13.9. The second-order valence-corrected chi connectivity index (χ2v) is 26.4. The molecule has 31 heteroatoms. The van der Waals surface area contributed by atoms with Crippen molar-refractivity contribution in [3.05, 3.63) is 0 Å². The van der Waals surface area contributed by atoms with Crippen molar-refractivity contribution in [3.8, 4) is 0 Å². The van der Waals surface area contributed by atoms with E-state index in [-0.39, 0.29) is 93.9 Å². The number of Topliss-reactive ketones (excluding diaryl/α,β-unsaturated/α-hetero) is 6. The molecule has 0 saturated carbocycles. The molecule has 0 spiro atoms. The van der Waals surface area contributed by atoms with Crippen LogP contribution < -0.4 is 32.3 Å². The predicted molar refractivity (Wildman–Crippen MR) is 338 cm³/mol. The molecule has 9 atom stereocenters. The standard InChI is InChI=1S/C63H99N7O23S/c1-36(2)29-44(48(73)19-20-52(77)66-45(35-94-7)50(75)30-37(3)59(89)65-33-40(71)11-8-26-63(4,5)6)69-62(92)46-12-9-27-70(46)53(78)34-93-28-10-13-47(72)42(17-24-57(85)86)67-61(91)39(15-22-55(81)82)32-51(76)43(18-25-58(87)88)68-60(90)38(14-21-54(79)80)31-49(74)41(64)16-23-56(83)84/h36-39,41-46H,8-35,64H2,1-7H3,(H,65,89)(H,66,77)(H,67,91)(H,68,90)(H,69,92)(H,79,80)(H,81,82)(H,83,84)(H,85,86)(H,87,88)/t37-,38+,39+,41-,42-,43-,44+,45+,46+/m1/s1. The van der Waals surface area contributed by atoms with Gasteiger partial charge in [-0.25, -0.2) is 0 Å². The number of amides is 6. The van der Waals surface area contributed by atoms with Crippen molar-refractivity contribution in [1.82, 2.24) is 31.5 Å². The molecule has 0 aromatic heterocycles. The summed E-state index contributed by atoms with van der Waals surface area (Å²) in [5, 5.41) is 59.4. The number of nitrogens with two attached hydrogens (primary N) is 1. The molecule has 94 heavy (non-hydrogen) atoms. The first-order valence-corrected chi connectivity index (χ1v) is 33.2. The van der Waals surface area contributed by atoms with Gasteiger partial charge in [-0.2, -0.15) is 11.8 Å². The van der Waals surface area contributed by atoms with Crippen LogP contribution >= 0.6 is 11.8 Å². The van der Waals surface area contributed by atoms with E-state index < -0.39 is 225 Å². The number of ketones is 6. The van der Waals surface area contributed by atoms with Crippen molar-refractivity contribution in [2.75, 3.05) is 38.3 Å². The van der Waals surface area contributed by atoms with Gasteiger partial charge in [-0.3, -0.25) is 81.5 Å². The van der Waals surface area contributed by atoms with Crippen LogP contribution in [0.5, 0.6) is 0 Å². The SMILES string of the molecule is CSC[C@H](NC(=O)CCC(=O)[C@H](CC(C)C)NC(=O)[C@@H]1CCCN1C(=O)COCCCC(=O)[C@@H](CCC(=O)O)NC(=O)[C@@H](CCC(=O)O)CC(=O)[C@@H](CCC(=O)O)NC(=O)[C@@H](CCC(=O)O)CC(=O)[C@H](N)CCC(=O)O)C(=O)C[C@@H](C)C(=O)NCC(=O)CCCC(C)(C)C. The molecule has 0 unspecified atom stereocenters. The largest absolute Gasteiger partial charge is 0.481 e. The van der Waals surface area contributed by atoms with Crippen molar-refractivity contribution in [2.24, 2.45) is 34.8 Å². The van der Waals surface area contributed by atoms with Gasteiger partial charge in [0.2, 0.25) is 35.4 Å². The van der Waals surface area contributed by atoms with Crippen LogP contribution in [0.2, 0.25) is 0 Å². The first-order valence-electron chi connectivity index (χ1n) is 31.8. The van der Waals surface area contributed by atoms with Gasteiger partial charge in [-0.15, -0.1) is 0 Å². The molecule has 12 N–H and O–H groups in total. The van der Waals surface area contributed by atoms with Crippen LogP contribution in [0.3, 0.4) is 0 Å². The van der Waals surface area contributed by atoms with Crippen molar-refractivity contribution in [3.63, 3.8) is 0 Å². The average Bonchev–Trinajstić information content (AvgIpc) is 1.64. The number of carboxylic acids is 5. The van der Waals surface area contributed by atoms with E-state index in [1.807, 2.05) is 13.8 Å². The Kier molecular flexibility index (Phi) is 39.7. The molecule has 1 rings (SSSR count). The van der Waals surface area contributed by atoms with E-state index in [4.69, 9.17) is 15.6 Å². The van der Waals surface area contributed by atoms with Crippen LogP contribution in [-0.2, 0) is 86.2 Å². The molecular weight excluding hydrogens is 1250 g/mol. The normalized spacial score (nSPS) is 15.5. The summed E-state index contributed by atoms with van der Waals surface area (Å²) in [6.07, 6.45) is -4.04. The van der Waals surface area contributed by atoms with E-state index in [2.05, 4.69) is 47.4 Å². The summed E-state index contributed by atoms with van der Waals surface area (Å²) in [4.78, 5) is 219. The number of carbonyl (C=O) groups excluding carboxylic acids is 12. The summed E-state index contributed by atoms with van der Waals surface area (Å²) >= 11 is 1.29. The molecule has 1 fully saturated rings. The number of hydrogen-bond acceptors (Lipinski definition) is 20. The minimum Gasteiger partial charge on any atom is -0.481 e. The zero-order valence-corrected chi connectivity index (χ0v) is 55.9. The fourth-order valence-corrected chi connectivity index (χ4v) is 10.8. The number of aliphatic carboxylic acids is 5. The van der Waals surface area contributed by atoms with Crippen LogP contribution in [-0.4, -0.2) is 205 Å². The molecule has 6 amide bonds. The molecule has 1 saturated heterocycles. The molecular formula is C63H99N7O23S. The first-order chi connectivity index (χ1) is 43.9. The quantitative estimate of drug-likeness (QED) is 0.0389. The number of rotatable bonds is 52. The summed E-state index contributed by atoms with van der Waals surface area (Å²) in [5.41, 5.74) is 5.87. The molecule has 30 nitrogen and oxygen atoms in total. The topological polar surface area (TPSA) is 490 Å². The molecule has 1 aliphatic rings. The number of carboxylic acid groups (broad SMARTS) is 5. The third-order valence-electron chi connectivity index (χ3n) is 15.5. The smallest absolute Gasteiger partial charge is 0.303 e. The van der Waals surface area contributed by atoms with Gasteiger partial charge in [0.25, 0.3) is 0 Å². The van der Waals surface area contributed by atoms with Crippen LogP contribution in [0.25, 0.3) is 0 Å². The van der Waals surface area contributed by atoms with Gasteiger partial charge in [-0.1, -0.05) is 41.5 Å². The van der Waals surface area contributed by atoms with Crippen LogP contribution in [0.4, 0.5) is 0 Å². The maximum Gasteiger partial charge on any atom is 0.303 e. The Labute approximate surface area is 551 Å². The highest BCUT2D eigenvalue weighted by Crippen LogP contribution is 2.24. The van der Waals surface area contributed by atoms with Crippen molar-refractivity contribution in [1.29, 1.82) is 0 Å². The predicted octanol–water partition coefficient (Wildman–Crippen LogP) is 2.34. The van der Waals surface area contributed by atoms with Crippen molar-refractivity contribution >= 4 is 112 Å². The third kappa shape index (κ3) is 36.2. The number of carbonyl (C=O) groups is 17. The lowest BCUT2D eigenvalue weighted by Crippen LogP contribution is -2.52. The second kappa shape index (κ2) is 44.2. The summed E-state index contributed by atoms with van der Waals surface area (Å²) in [6, 6.07) is -7.60. The Bertz CT molecular complexity index is 2660. The lowest BCUT2D eigenvalue weighted by molar-refractivity contribution is -0.142. The summed E-state index contributed by atoms with van der Waals surface area (Å²) in [6.45, 7) is 10.6. The van der Waals surface area contributed by atoms with Gasteiger partial charge in [0.1, 0.15) is 18.4 Å². The number of likely N-dealkylation sites (tertiary alicyclic amines) is 1. The highest BCUT2D eigenvalue weighted by Gasteiger charge is 2.38. The van der Waals surface area contributed by atoms with Crippen LogP contribution in [0, 0.1) is 29.1 Å². The Morgan fingerprint density at radius 3 is 1.57 bits per heavy atom. The van der Waals surface area contributed by atoms with Crippen LogP contribution in [0.15, 0.2) is 0 Å². The monoisotopic (exact) mass is 1350 g/mol. The minimum absolute atomic E-state index is 0.0684. The van der Waals surface area contributed by atoms with Crippen molar-refractivity contribution in [2.45, 2.75) is 225 Å². The lowest BCUT2D eigenvalue weighted by atomic mass is 9.89. The van der Waals surface area contributed by atoms with Gasteiger partial charge >= 0.3 is 29.8 Å². The fourth-order valence-electron chi connectivity index (χ4n) is 10.2. The maximum absolute atomic E-state index is 13.9. The molecule has 0 aliphatic carbocycles. The molecule has 0 bridgehead atoms. The van der Waals surface area contributed by atoms with E-state index >= 15 is 0 Å². The number of hydrogen-bond donors (Lipinski definition) is 11. The van der Waals surface area contributed by atoms with Gasteiger partial charge in [0.15, 0.2) is 28.9 Å². The van der Waals surface area contributed by atoms with Crippen molar-refractivity contribution < 1.29 is 112 Å². The lowest BCUT2D eigenvalue weighted by Gasteiger charge is -2.27. The van der Waals surface area contributed by atoms with Crippen LogP contribution in [0.1, 0.15) is 189 Å². The van der Waals surface area contributed by atoms with E-state index in [1.54, 1.807) is 13.2 Å². The first kappa shape index (κ1) is 84.5. The Balaban J connectivity index is 3.04. The highest BCUT2D eigenvalue weighted by atomic mass is 32.2. The third-order valence-corrected chi connectivity index (χ3v) is 16.2. The molecule has 530 valence electrons. The zero-order valence-electron chi connectivity index (χ0n) is 55.1. The van der Waals surface area contributed by atoms with Gasteiger partial charge in [0.05, 0.1) is 36.8 Å². The number of ether oxygens (including phenoxy) is 1. The van der Waals surface area contributed by atoms with Gasteiger partial charge in [0, 0.05) is 114 Å². The Morgan fingerprint density at radius 2 is 1.05 bits per heavy atom. The highest BCUT2D eigenvalue weighted by molar-refractivity contribution is 7.98. The number of thioether (sulfide) groups is 1.